The fraction of sp³-hybridized carbons (Fsp3) is 0.692. The fourth-order valence-electron chi connectivity index (χ4n) is 2.49. The molecule has 1 aromatic heterocycles. The summed E-state index contributed by atoms with van der Waals surface area (Å²) in [6.45, 7) is 4.84. The van der Waals surface area contributed by atoms with Gasteiger partial charge in [0.2, 0.25) is 0 Å². The Labute approximate surface area is 103 Å². The molecule has 2 heterocycles. The van der Waals surface area contributed by atoms with Crippen molar-refractivity contribution in [2.24, 2.45) is 0 Å². The van der Waals surface area contributed by atoms with Crippen LogP contribution in [0.4, 0.5) is 0 Å². The van der Waals surface area contributed by atoms with Gasteiger partial charge >= 0.3 is 0 Å². The number of thiophene rings is 1. The highest BCUT2D eigenvalue weighted by Crippen LogP contribution is 2.18. The molecule has 0 aliphatic carbocycles. The zero-order valence-corrected chi connectivity index (χ0v) is 11.1. The Bertz CT molecular complexity index is 297. The van der Waals surface area contributed by atoms with Gasteiger partial charge in [0.25, 0.3) is 0 Å². The minimum Gasteiger partial charge on any atom is -0.316 e. The van der Waals surface area contributed by atoms with Crippen molar-refractivity contribution < 1.29 is 0 Å². The van der Waals surface area contributed by atoms with Crippen LogP contribution in [0.15, 0.2) is 17.5 Å². The molecule has 0 spiro atoms. The maximum absolute atomic E-state index is 3.41. The number of piperidine rings is 1. The number of likely N-dealkylation sites (tertiary alicyclic amines) is 1. The number of rotatable bonds is 4. The third-order valence-corrected chi connectivity index (χ3v) is 4.46. The molecule has 2 rings (SSSR count). The van der Waals surface area contributed by atoms with E-state index >= 15 is 0 Å². The predicted octanol–water partition coefficient (Wildman–Crippen LogP) is 2.36. The van der Waals surface area contributed by atoms with Gasteiger partial charge in [-0.2, -0.15) is 0 Å². The average molecular weight is 238 g/mol. The van der Waals surface area contributed by atoms with Crippen LogP contribution >= 0.6 is 11.3 Å². The van der Waals surface area contributed by atoms with Crippen molar-refractivity contribution in [3.8, 4) is 0 Å². The average Bonchev–Trinajstić information content (AvgIpc) is 2.82. The molecule has 1 aliphatic rings. The maximum Gasteiger partial charge on any atom is 0.0192 e. The van der Waals surface area contributed by atoms with Crippen molar-refractivity contribution in [2.75, 3.05) is 20.1 Å². The number of likely N-dealkylation sites (N-methyl/N-ethyl adjacent to an activating group) is 1. The molecule has 2 unspecified atom stereocenters. The lowest BCUT2D eigenvalue weighted by Gasteiger charge is -2.36. The second kappa shape index (κ2) is 5.80. The molecule has 0 aromatic carbocycles. The molecule has 1 N–H and O–H groups in total. The first-order valence-corrected chi connectivity index (χ1v) is 7.11. The summed E-state index contributed by atoms with van der Waals surface area (Å²) in [7, 11) is 2.08. The van der Waals surface area contributed by atoms with E-state index in [4.69, 9.17) is 0 Å². The van der Waals surface area contributed by atoms with Gasteiger partial charge in [0.1, 0.15) is 0 Å². The quantitative estimate of drug-likeness (QED) is 0.866. The van der Waals surface area contributed by atoms with E-state index in [0.29, 0.717) is 12.1 Å². The lowest BCUT2D eigenvalue weighted by atomic mass is 10.0. The van der Waals surface area contributed by atoms with E-state index in [1.165, 1.54) is 37.2 Å². The first-order valence-electron chi connectivity index (χ1n) is 6.23. The van der Waals surface area contributed by atoms with Crippen LogP contribution in [-0.2, 0) is 6.42 Å². The topological polar surface area (TPSA) is 15.3 Å². The molecule has 1 fully saturated rings. The van der Waals surface area contributed by atoms with Crippen molar-refractivity contribution in [1.82, 2.24) is 10.2 Å². The largest absolute Gasteiger partial charge is 0.316 e. The van der Waals surface area contributed by atoms with E-state index < -0.39 is 0 Å². The molecule has 2 atom stereocenters. The number of hydrogen-bond acceptors (Lipinski definition) is 3. The summed E-state index contributed by atoms with van der Waals surface area (Å²) < 4.78 is 0. The molecule has 3 heteroatoms. The van der Waals surface area contributed by atoms with Crippen LogP contribution in [0.5, 0.6) is 0 Å². The summed E-state index contributed by atoms with van der Waals surface area (Å²) in [5.41, 5.74) is 0. The summed E-state index contributed by atoms with van der Waals surface area (Å²) in [5, 5.41) is 5.58. The minimum absolute atomic E-state index is 0.676. The summed E-state index contributed by atoms with van der Waals surface area (Å²) in [6.07, 6.45) is 3.87. The van der Waals surface area contributed by atoms with Gasteiger partial charge in [-0.05, 0) is 51.2 Å². The summed E-state index contributed by atoms with van der Waals surface area (Å²) in [4.78, 5) is 4.14. The van der Waals surface area contributed by atoms with Crippen LogP contribution in [0.25, 0.3) is 0 Å². The molecule has 0 amide bonds. The standard InChI is InChI=1S/C13H22N2S/c1-11(9-13-6-4-8-16-13)15-7-3-5-12(10-15)14-2/h4,6,8,11-12,14H,3,5,7,9-10H2,1-2H3. The lowest BCUT2D eigenvalue weighted by Crippen LogP contribution is -2.48. The number of nitrogens with one attached hydrogen (secondary N) is 1. The molecule has 0 saturated carbocycles. The first-order chi connectivity index (χ1) is 7.79. The van der Waals surface area contributed by atoms with Crippen LogP contribution in [0.1, 0.15) is 24.6 Å². The molecule has 2 nitrogen and oxygen atoms in total. The van der Waals surface area contributed by atoms with Gasteiger partial charge in [-0.1, -0.05) is 6.07 Å². The Morgan fingerprint density at radius 2 is 2.50 bits per heavy atom. The second-order valence-electron chi connectivity index (χ2n) is 4.76. The van der Waals surface area contributed by atoms with Crippen molar-refractivity contribution in [3.05, 3.63) is 22.4 Å². The highest BCUT2D eigenvalue weighted by Gasteiger charge is 2.22. The van der Waals surface area contributed by atoms with E-state index in [1.807, 2.05) is 11.3 Å². The Morgan fingerprint density at radius 3 is 3.19 bits per heavy atom. The highest BCUT2D eigenvalue weighted by molar-refractivity contribution is 7.09. The molecule has 16 heavy (non-hydrogen) atoms. The third kappa shape index (κ3) is 3.06. The van der Waals surface area contributed by atoms with E-state index in [9.17, 15) is 0 Å². The van der Waals surface area contributed by atoms with Crippen molar-refractivity contribution >= 4 is 11.3 Å². The van der Waals surface area contributed by atoms with Crippen LogP contribution < -0.4 is 5.32 Å². The molecule has 0 bridgehead atoms. The van der Waals surface area contributed by atoms with Crippen LogP contribution in [0, 0.1) is 0 Å². The van der Waals surface area contributed by atoms with Gasteiger partial charge in [0.15, 0.2) is 0 Å². The monoisotopic (exact) mass is 238 g/mol. The van der Waals surface area contributed by atoms with Gasteiger partial charge in [0, 0.05) is 23.5 Å². The molecular formula is C13H22N2S. The van der Waals surface area contributed by atoms with Crippen molar-refractivity contribution in [1.29, 1.82) is 0 Å². The summed E-state index contributed by atoms with van der Waals surface area (Å²) in [5.74, 6) is 0. The van der Waals surface area contributed by atoms with Gasteiger partial charge in [-0.3, -0.25) is 4.90 Å². The molecule has 1 saturated heterocycles. The van der Waals surface area contributed by atoms with Gasteiger partial charge in [0.05, 0.1) is 0 Å². The highest BCUT2D eigenvalue weighted by atomic mass is 32.1. The van der Waals surface area contributed by atoms with Crippen molar-refractivity contribution in [2.45, 2.75) is 38.3 Å². The zero-order chi connectivity index (χ0) is 11.4. The van der Waals surface area contributed by atoms with Gasteiger partial charge in [-0.15, -0.1) is 11.3 Å². The summed E-state index contributed by atoms with van der Waals surface area (Å²) in [6, 6.07) is 5.77. The SMILES string of the molecule is CNC1CCCN(C(C)Cc2cccs2)C1. The normalized spacial score (nSPS) is 24.5. The van der Waals surface area contributed by atoms with Gasteiger partial charge < -0.3 is 5.32 Å². The number of nitrogens with zero attached hydrogens (tertiary/aromatic N) is 1. The molecule has 0 radical (unpaired) electrons. The van der Waals surface area contributed by atoms with E-state index in [1.54, 1.807) is 0 Å². The van der Waals surface area contributed by atoms with Crippen LogP contribution in [0.2, 0.25) is 0 Å². The Morgan fingerprint density at radius 1 is 1.62 bits per heavy atom. The zero-order valence-electron chi connectivity index (χ0n) is 10.3. The smallest absolute Gasteiger partial charge is 0.0192 e. The van der Waals surface area contributed by atoms with Crippen molar-refractivity contribution in [3.63, 3.8) is 0 Å². The molecule has 1 aliphatic heterocycles. The lowest BCUT2D eigenvalue weighted by molar-refractivity contribution is 0.148. The van der Waals surface area contributed by atoms with E-state index in [0.717, 1.165) is 0 Å². The van der Waals surface area contributed by atoms with Gasteiger partial charge in [-0.25, -0.2) is 0 Å². The molecule has 1 aromatic rings. The van der Waals surface area contributed by atoms with Crippen LogP contribution in [-0.4, -0.2) is 37.1 Å². The maximum atomic E-state index is 3.41. The second-order valence-corrected chi connectivity index (χ2v) is 5.79. The van der Waals surface area contributed by atoms with Crippen LogP contribution in [0.3, 0.4) is 0 Å². The molecule has 90 valence electrons. The van der Waals surface area contributed by atoms with E-state index in [-0.39, 0.29) is 0 Å². The minimum atomic E-state index is 0.676. The number of hydrogen-bond donors (Lipinski definition) is 1. The predicted molar refractivity (Wildman–Crippen MR) is 71.1 cm³/mol. The Hall–Kier alpha value is -0.380. The molecular weight excluding hydrogens is 216 g/mol. The van der Waals surface area contributed by atoms with E-state index in [2.05, 4.69) is 41.7 Å². The third-order valence-electron chi connectivity index (χ3n) is 3.56. The first kappa shape index (κ1) is 12.1. The Balaban J connectivity index is 1.86. The fourth-order valence-corrected chi connectivity index (χ4v) is 3.32. The summed E-state index contributed by atoms with van der Waals surface area (Å²) >= 11 is 1.88. The Kier molecular flexibility index (Phi) is 4.38.